The van der Waals surface area contributed by atoms with Crippen molar-refractivity contribution in [3.8, 4) is 0 Å². The van der Waals surface area contributed by atoms with E-state index in [0.29, 0.717) is 4.73 Å². The van der Waals surface area contributed by atoms with Crippen LogP contribution in [0, 0.1) is 0 Å². The summed E-state index contributed by atoms with van der Waals surface area (Å²) in [5.41, 5.74) is 0.260. The standard InChI is InChI=1S/C5H4BrClN2O/c1-9-2-3(4(7)10)8-5(9)6/h2H,1H3. The number of nitrogens with zero attached hydrogens (tertiary/aromatic N) is 2. The normalized spacial score (nSPS) is 9.90. The van der Waals surface area contributed by atoms with E-state index < -0.39 is 5.24 Å². The Kier molecular flexibility index (Phi) is 2.11. The van der Waals surface area contributed by atoms with E-state index in [-0.39, 0.29) is 5.69 Å². The summed E-state index contributed by atoms with van der Waals surface area (Å²) in [7, 11) is 1.76. The maximum atomic E-state index is 10.5. The fourth-order valence-corrected chi connectivity index (χ4v) is 0.923. The first-order valence-electron chi connectivity index (χ1n) is 2.50. The summed E-state index contributed by atoms with van der Waals surface area (Å²) in [5.74, 6) is 0. The van der Waals surface area contributed by atoms with Crippen molar-refractivity contribution in [2.75, 3.05) is 0 Å². The molecule has 0 amide bonds. The molecule has 1 aromatic heterocycles. The summed E-state index contributed by atoms with van der Waals surface area (Å²) in [6.45, 7) is 0. The number of halogens is 2. The quantitative estimate of drug-likeness (QED) is 0.677. The third kappa shape index (κ3) is 1.38. The zero-order valence-electron chi connectivity index (χ0n) is 5.14. The molecule has 0 N–H and O–H groups in total. The van der Waals surface area contributed by atoms with Crippen LogP contribution in [0.1, 0.15) is 10.5 Å². The average Bonchev–Trinajstić information content (AvgIpc) is 2.13. The van der Waals surface area contributed by atoms with E-state index >= 15 is 0 Å². The van der Waals surface area contributed by atoms with E-state index in [0.717, 1.165) is 0 Å². The minimum Gasteiger partial charge on any atom is -0.328 e. The molecule has 0 fully saturated rings. The van der Waals surface area contributed by atoms with Gasteiger partial charge in [0.25, 0.3) is 5.24 Å². The van der Waals surface area contributed by atoms with E-state index in [9.17, 15) is 4.79 Å². The molecule has 0 unspecified atom stereocenters. The Balaban J connectivity index is 3.10. The second-order valence-corrected chi connectivity index (χ2v) is 2.83. The molecule has 0 spiro atoms. The highest BCUT2D eigenvalue weighted by Crippen LogP contribution is 2.09. The van der Waals surface area contributed by atoms with Crippen molar-refractivity contribution >= 4 is 32.8 Å². The van der Waals surface area contributed by atoms with Gasteiger partial charge in [0.1, 0.15) is 5.69 Å². The molecule has 0 saturated heterocycles. The van der Waals surface area contributed by atoms with Crippen molar-refractivity contribution in [3.05, 3.63) is 16.6 Å². The zero-order chi connectivity index (χ0) is 7.72. The molecule has 54 valence electrons. The van der Waals surface area contributed by atoms with Gasteiger partial charge in [-0.1, -0.05) is 0 Å². The molecule has 10 heavy (non-hydrogen) atoms. The third-order valence-electron chi connectivity index (χ3n) is 1.02. The number of carbonyl (C=O) groups is 1. The molecule has 0 aliphatic carbocycles. The lowest BCUT2D eigenvalue weighted by atomic mass is 10.5. The third-order valence-corrected chi connectivity index (χ3v) is 1.95. The van der Waals surface area contributed by atoms with Crippen molar-refractivity contribution in [1.29, 1.82) is 0 Å². The Labute approximate surface area is 71.1 Å². The number of carbonyl (C=O) groups excluding carboxylic acids is 1. The van der Waals surface area contributed by atoms with E-state index in [1.165, 1.54) is 0 Å². The van der Waals surface area contributed by atoms with Crippen LogP contribution in [0.5, 0.6) is 0 Å². The highest BCUT2D eigenvalue weighted by molar-refractivity contribution is 9.10. The van der Waals surface area contributed by atoms with Gasteiger partial charge in [-0.25, -0.2) is 4.98 Å². The van der Waals surface area contributed by atoms with Crippen LogP contribution in [0.15, 0.2) is 10.9 Å². The molecule has 3 nitrogen and oxygen atoms in total. The van der Waals surface area contributed by atoms with Crippen LogP contribution >= 0.6 is 27.5 Å². The Morgan fingerprint density at radius 1 is 1.90 bits per heavy atom. The van der Waals surface area contributed by atoms with Gasteiger partial charge in [0.05, 0.1) is 0 Å². The summed E-state index contributed by atoms with van der Waals surface area (Å²) < 4.78 is 2.26. The smallest absolute Gasteiger partial charge is 0.272 e. The van der Waals surface area contributed by atoms with E-state index in [2.05, 4.69) is 20.9 Å². The average molecular weight is 223 g/mol. The van der Waals surface area contributed by atoms with Crippen molar-refractivity contribution in [2.24, 2.45) is 7.05 Å². The minimum atomic E-state index is -0.540. The maximum Gasteiger partial charge on any atom is 0.272 e. The van der Waals surface area contributed by atoms with Crippen molar-refractivity contribution in [1.82, 2.24) is 9.55 Å². The Bertz CT molecular complexity index is 251. The first-order valence-corrected chi connectivity index (χ1v) is 3.67. The highest BCUT2D eigenvalue weighted by atomic mass is 79.9. The van der Waals surface area contributed by atoms with Gasteiger partial charge in [-0.2, -0.15) is 0 Å². The Morgan fingerprint density at radius 3 is 2.70 bits per heavy atom. The lowest BCUT2D eigenvalue weighted by molar-refractivity contribution is 0.107. The predicted molar refractivity (Wildman–Crippen MR) is 41.1 cm³/mol. The van der Waals surface area contributed by atoms with Gasteiger partial charge < -0.3 is 4.57 Å². The lowest BCUT2D eigenvalue weighted by Gasteiger charge is -1.85. The summed E-state index contributed by atoms with van der Waals surface area (Å²) in [6.07, 6.45) is 1.55. The van der Waals surface area contributed by atoms with E-state index in [1.807, 2.05) is 0 Å². The van der Waals surface area contributed by atoms with Gasteiger partial charge in [0, 0.05) is 13.2 Å². The molecule has 1 rings (SSSR count). The first-order chi connectivity index (χ1) is 4.61. The minimum absolute atomic E-state index is 0.260. The fraction of sp³-hybridized carbons (Fsp3) is 0.200. The molecule has 0 radical (unpaired) electrons. The molecule has 0 aromatic carbocycles. The largest absolute Gasteiger partial charge is 0.328 e. The molecular weight excluding hydrogens is 219 g/mol. The number of imidazole rings is 1. The van der Waals surface area contributed by atoms with Gasteiger partial charge in [0.2, 0.25) is 0 Å². The number of aromatic nitrogens is 2. The molecule has 0 saturated carbocycles. The van der Waals surface area contributed by atoms with Gasteiger partial charge in [-0.15, -0.1) is 0 Å². The van der Waals surface area contributed by atoms with Crippen LogP contribution in [0.4, 0.5) is 0 Å². The summed E-state index contributed by atoms with van der Waals surface area (Å²) in [4.78, 5) is 14.3. The van der Waals surface area contributed by atoms with Gasteiger partial charge in [-0.3, -0.25) is 4.79 Å². The second kappa shape index (κ2) is 2.72. The second-order valence-electron chi connectivity index (χ2n) is 1.78. The molecule has 0 aliphatic rings. The van der Waals surface area contributed by atoms with Crippen LogP contribution in [0.3, 0.4) is 0 Å². The van der Waals surface area contributed by atoms with Crippen LogP contribution in [0.25, 0.3) is 0 Å². The number of hydrogen-bond acceptors (Lipinski definition) is 2. The number of hydrogen-bond donors (Lipinski definition) is 0. The molecule has 0 atom stereocenters. The van der Waals surface area contributed by atoms with Crippen LogP contribution in [-0.4, -0.2) is 14.8 Å². The topological polar surface area (TPSA) is 34.9 Å². The fourth-order valence-electron chi connectivity index (χ4n) is 0.539. The van der Waals surface area contributed by atoms with Gasteiger partial charge in [0.15, 0.2) is 4.73 Å². The predicted octanol–water partition coefficient (Wildman–Crippen LogP) is 1.56. The van der Waals surface area contributed by atoms with Crippen LogP contribution in [-0.2, 0) is 7.05 Å². The lowest BCUT2D eigenvalue weighted by Crippen LogP contribution is -1.86. The zero-order valence-corrected chi connectivity index (χ0v) is 7.48. The number of rotatable bonds is 1. The van der Waals surface area contributed by atoms with Crippen LogP contribution < -0.4 is 0 Å². The molecule has 0 bridgehead atoms. The monoisotopic (exact) mass is 222 g/mol. The van der Waals surface area contributed by atoms with E-state index in [1.54, 1.807) is 17.8 Å². The molecular formula is C5H4BrClN2O. The van der Waals surface area contributed by atoms with Gasteiger partial charge >= 0.3 is 0 Å². The van der Waals surface area contributed by atoms with Crippen LogP contribution in [0.2, 0.25) is 0 Å². The van der Waals surface area contributed by atoms with Crippen molar-refractivity contribution < 1.29 is 4.79 Å². The van der Waals surface area contributed by atoms with Gasteiger partial charge in [-0.05, 0) is 27.5 Å². The summed E-state index contributed by atoms with van der Waals surface area (Å²) in [6, 6.07) is 0. The van der Waals surface area contributed by atoms with Crippen molar-refractivity contribution in [2.45, 2.75) is 0 Å². The summed E-state index contributed by atoms with van der Waals surface area (Å²) >= 11 is 8.28. The first kappa shape index (κ1) is 7.75. The molecule has 1 aromatic rings. The Hall–Kier alpha value is -0.350. The van der Waals surface area contributed by atoms with Crippen molar-refractivity contribution in [3.63, 3.8) is 0 Å². The Morgan fingerprint density at radius 2 is 2.50 bits per heavy atom. The van der Waals surface area contributed by atoms with E-state index in [4.69, 9.17) is 11.6 Å². The summed E-state index contributed by atoms with van der Waals surface area (Å²) in [5, 5.41) is -0.540. The maximum absolute atomic E-state index is 10.5. The SMILES string of the molecule is Cn1cc(C(=O)Cl)nc1Br. The molecule has 0 aliphatic heterocycles. The highest BCUT2D eigenvalue weighted by Gasteiger charge is 2.07. The molecule has 1 heterocycles. The molecule has 5 heteroatoms. The number of aryl methyl sites for hydroxylation is 1.